The number of anilines is 1. The largest absolute Gasteiger partial charge is 0.417 e. The topological polar surface area (TPSA) is 50.7 Å². The normalized spacial score (nSPS) is 11.7. The number of pyridine rings is 1. The Kier molecular flexibility index (Phi) is 4.53. The maximum absolute atomic E-state index is 12.9. The summed E-state index contributed by atoms with van der Waals surface area (Å²) in [7, 11) is 0. The number of nitrogens with one attached hydrogen (secondary N) is 1. The van der Waals surface area contributed by atoms with E-state index >= 15 is 0 Å². The molecular weight excluding hydrogens is 341 g/mol. The number of fused-ring (bicyclic) bond motifs is 1. The van der Waals surface area contributed by atoms with Crippen LogP contribution in [-0.4, -0.2) is 21.5 Å². The number of alkyl halides is 3. The van der Waals surface area contributed by atoms with Crippen molar-refractivity contribution in [2.24, 2.45) is 0 Å². The molecule has 0 radical (unpaired) electrons. The first kappa shape index (κ1) is 16.4. The van der Waals surface area contributed by atoms with Crippen molar-refractivity contribution >= 4 is 28.5 Å². The van der Waals surface area contributed by atoms with Crippen LogP contribution < -0.4 is 5.32 Å². The molecule has 124 valence electrons. The van der Waals surface area contributed by atoms with Crippen molar-refractivity contribution in [1.82, 2.24) is 15.0 Å². The van der Waals surface area contributed by atoms with Gasteiger partial charge in [-0.2, -0.15) is 13.2 Å². The SMILES string of the molecule is FC(F)(F)c1cc(CCNc2ncnc3cccnc23)ccc1Cl. The second-order valence-electron chi connectivity index (χ2n) is 5.08. The summed E-state index contributed by atoms with van der Waals surface area (Å²) < 4.78 is 38.6. The van der Waals surface area contributed by atoms with E-state index in [0.29, 0.717) is 35.4 Å². The van der Waals surface area contributed by atoms with Gasteiger partial charge in [-0.05, 0) is 36.2 Å². The second kappa shape index (κ2) is 6.60. The number of aromatic nitrogens is 3. The van der Waals surface area contributed by atoms with Crippen LogP contribution in [0.5, 0.6) is 0 Å². The van der Waals surface area contributed by atoms with Gasteiger partial charge in [-0.3, -0.25) is 4.98 Å². The first-order valence-electron chi connectivity index (χ1n) is 7.10. The zero-order valence-electron chi connectivity index (χ0n) is 12.3. The highest BCUT2D eigenvalue weighted by molar-refractivity contribution is 6.31. The summed E-state index contributed by atoms with van der Waals surface area (Å²) in [6.45, 7) is 0.404. The molecule has 0 fully saturated rings. The van der Waals surface area contributed by atoms with Crippen LogP contribution in [0.4, 0.5) is 19.0 Å². The van der Waals surface area contributed by atoms with Crippen LogP contribution >= 0.6 is 11.6 Å². The molecular formula is C16H12ClF3N4. The zero-order chi connectivity index (χ0) is 17.2. The summed E-state index contributed by atoms with van der Waals surface area (Å²) in [5.41, 5.74) is 1.02. The van der Waals surface area contributed by atoms with Gasteiger partial charge in [-0.25, -0.2) is 9.97 Å². The van der Waals surface area contributed by atoms with Gasteiger partial charge in [0, 0.05) is 12.7 Å². The number of rotatable bonds is 4. The number of hydrogen-bond donors (Lipinski definition) is 1. The molecule has 0 saturated heterocycles. The first-order chi connectivity index (χ1) is 11.4. The second-order valence-corrected chi connectivity index (χ2v) is 5.49. The van der Waals surface area contributed by atoms with Crippen molar-refractivity contribution in [1.29, 1.82) is 0 Å². The van der Waals surface area contributed by atoms with Crippen molar-refractivity contribution in [3.05, 3.63) is 59.0 Å². The summed E-state index contributed by atoms with van der Waals surface area (Å²) >= 11 is 5.62. The molecule has 0 saturated carbocycles. The van der Waals surface area contributed by atoms with Crippen molar-refractivity contribution in [2.75, 3.05) is 11.9 Å². The summed E-state index contributed by atoms with van der Waals surface area (Å²) in [6.07, 6.45) is -1.03. The molecule has 0 atom stereocenters. The Morgan fingerprint density at radius 1 is 1.08 bits per heavy atom. The van der Waals surface area contributed by atoms with E-state index < -0.39 is 11.7 Å². The van der Waals surface area contributed by atoms with Gasteiger partial charge < -0.3 is 5.32 Å². The quantitative estimate of drug-likeness (QED) is 0.758. The van der Waals surface area contributed by atoms with Gasteiger partial charge in [0.15, 0.2) is 5.82 Å². The molecule has 0 amide bonds. The number of hydrogen-bond acceptors (Lipinski definition) is 4. The average Bonchev–Trinajstić information content (AvgIpc) is 2.55. The molecule has 0 aliphatic rings. The minimum absolute atomic E-state index is 0.301. The standard InChI is InChI=1S/C16H12ClF3N4/c17-12-4-3-10(8-11(12)16(18,19)20)5-7-22-15-14-13(23-9-24-15)2-1-6-21-14/h1-4,6,8-9H,5,7H2,(H,22,23,24). The highest BCUT2D eigenvalue weighted by Crippen LogP contribution is 2.35. The summed E-state index contributed by atoms with van der Waals surface area (Å²) in [4.78, 5) is 12.4. The highest BCUT2D eigenvalue weighted by atomic mass is 35.5. The van der Waals surface area contributed by atoms with Gasteiger partial charge in [0.2, 0.25) is 0 Å². The van der Waals surface area contributed by atoms with E-state index in [2.05, 4.69) is 20.3 Å². The molecule has 4 nitrogen and oxygen atoms in total. The van der Waals surface area contributed by atoms with Crippen molar-refractivity contribution in [3.8, 4) is 0 Å². The number of nitrogens with zero attached hydrogens (tertiary/aromatic N) is 3. The van der Waals surface area contributed by atoms with E-state index in [-0.39, 0.29) is 5.02 Å². The van der Waals surface area contributed by atoms with Crippen LogP contribution in [0.3, 0.4) is 0 Å². The zero-order valence-corrected chi connectivity index (χ0v) is 13.1. The van der Waals surface area contributed by atoms with Crippen LogP contribution in [0.25, 0.3) is 11.0 Å². The van der Waals surface area contributed by atoms with E-state index in [9.17, 15) is 13.2 Å². The lowest BCUT2D eigenvalue weighted by atomic mass is 10.1. The monoisotopic (exact) mass is 352 g/mol. The van der Waals surface area contributed by atoms with Crippen LogP contribution in [0.2, 0.25) is 5.02 Å². The van der Waals surface area contributed by atoms with E-state index in [1.54, 1.807) is 18.3 Å². The summed E-state index contributed by atoms with van der Waals surface area (Å²) in [5.74, 6) is 0.547. The molecule has 1 aromatic carbocycles. The molecule has 0 aliphatic carbocycles. The lowest BCUT2D eigenvalue weighted by Crippen LogP contribution is -2.10. The van der Waals surface area contributed by atoms with Crippen LogP contribution in [0, 0.1) is 0 Å². The minimum Gasteiger partial charge on any atom is -0.368 e. The molecule has 1 N–H and O–H groups in total. The third-order valence-electron chi connectivity index (χ3n) is 3.44. The highest BCUT2D eigenvalue weighted by Gasteiger charge is 2.33. The molecule has 2 heterocycles. The van der Waals surface area contributed by atoms with Crippen LogP contribution in [0.1, 0.15) is 11.1 Å². The number of halogens is 4. The molecule has 2 aromatic heterocycles. The predicted octanol–water partition coefficient (Wildman–Crippen LogP) is 4.35. The molecule has 0 unspecified atom stereocenters. The van der Waals surface area contributed by atoms with Gasteiger partial charge in [0.25, 0.3) is 0 Å². The lowest BCUT2D eigenvalue weighted by molar-refractivity contribution is -0.137. The molecule has 24 heavy (non-hydrogen) atoms. The third-order valence-corrected chi connectivity index (χ3v) is 3.77. The van der Waals surface area contributed by atoms with E-state index in [1.165, 1.54) is 12.4 Å². The van der Waals surface area contributed by atoms with Crippen LogP contribution in [0.15, 0.2) is 42.9 Å². The van der Waals surface area contributed by atoms with Gasteiger partial charge >= 0.3 is 6.18 Å². The Morgan fingerprint density at radius 3 is 2.71 bits per heavy atom. The van der Waals surface area contributed by atoms with Crippen molar-refractivity contribution in [2.45, 2.75) is 12.6 Å². The van der Waals surface area contributed by atoms with Gasteiger partial charge in [-0.15, -0.1) is 0 Å². The van der Waals surface area contributed by atoms with E-state index in [1.807, 2.05) is 6.07 Å². The Bertz CT molecular complexity index is 862. The fraction of sp³-hybridized carbons (Fsp3) is 0.188. The predicted molar refractivity (Wildman–Crippen MR) is 86.0 cm³/mol. The van der Waals surface area contributed by atoms with Gasteiger partial charge in [0.1, 0.15) is 11.8 Å². The maximum atomic E-state index is 12.9. The minimum atomic E-state index is -4.46. The maximum Gasteiger partial charge on any atom is 0.417 e. The fourth-order valence-electron chi connectivity index (χ4n) is 2.29. The summed E-state index contributed by atoms with van der Waals surface area (Å²) in [6, 6.07) is 7.49. The van der Waals surface area contributed by atoms with Crippen LogP contribution in [-0.2, 0) is 12.6 Å². The summed E-state index contributed by atoms with van der Waals surface area (Å²) in [5, 5.41) is 2.78. The Hall–Kier alpha value is -2.41. The smallest absolute Gasteiger partial charge is 0.368 e. The molecule has 8 heteroatoms. The average molecular weight is 353 g/mol. The van der Waals surface area contributed by atoms with Crippen molar-refractivity contribution < 1.29 is 13.2 Å². The Labute approximate surface area is 140 Å². The first-order valence-corrected chi connectivity index (χ1v) is 7.48. The fourth-order valence-corrected chi connectivity index (χ4v) is 2.52. The lowest BCUT2D eigenvalue weighted by Gasteiger charge is -2.11. The molecule has 3 aromatic rings. The molecule has 3 rings (SSSR count). The molecule has 0 bridgehead atoms. The molecule has 0 spiro atoms. The van der Waals surface area contributed by atoms with Gasteiger partial charge in [0.05, 0.1) is 16.1 Å². The Balaban J connectivity index is 1.73. The van der Waals surface area contributed by atoms with Crippen molar-refractivity contribution in [3.63, 3.8) is 0 Å². The van der Waals surface area contributed by atoms with E-state index in [4.69, 9.17) is 11.6 Å². The number of benzene rings is 1. The van der Waals surface area contributed by atoms with E-state index in [0.717, 1.165) is 6.07 Å². The Morgan fingerprint density at radius 2 is 1.92 bits per heavy atom. The molecule has 0 aliphatic heterocycles. The third kappa shape index (κ3) is 3.56. The van der Waals surface area contributed by atoms with Gasteiger partial charge in [-0.1, -0.05) is 17.7 Å².